The highest BCUT2D eigenvalue weighted by molar-refractivity contribution is 5.97. The zero-order valence-corrected chi connectivity index (χ0v) is 20.3. The molecule has 0 fully saturated rings. The van der Waals surface area contributed by atoms with Gasteiger partial charge in [0.25, 0.3) is 0 Å². The van der Waals surface area contributed by atoms with Crippen molar-refractivity contribution in [3.63, 3.8) is 0 Å². The van der Waals surface area contributed by atoms with Gasteiger partial charge in [0, 0.05) is 0 Å². The molecule has 0 saturated heterocycles. The van der Waals surface area contributed by atoms with Crippen molar-refractivity contribution in [1.29, 1.82) is 0 Å². The molecule has 0 amide bonds. The number of carbonyl (C=O) groups is 2. The van der Waals surface area contributed by atoms with Gasteiger partial charge in [0.1, 0.15) is 18.1 Å². The maximum absolute atomic E-state index is 13.1. The van der Waals surface area contributed by atoms with Crippen LogP contribution in [0.2, 0.25) is 0 Å². The van der Waals surface area contributed by atoms with Gasteiger partial charge in [-0.25, -0.2) is 9.59 Å². The van der Waals surface area contributed by atoms with E-state index in [1.54, 1.807) is 26.8 Å². The zero-order valence-electron chi connectivity index (χ0n) is 20.3. The number of aryl methyl sites for hydroxylation is 1. The molecule has 0 unspecified atom stereocenters. The summed E-state index contributed by atoms with van der Waals surface area (Å²) in [5.41, 5.74) is 6.67. The van der Waals surface area contributed by atoms with Crippen LogP contribution in [-0.4, -0.2) is 17.0 Å². The summed E-state index contributed by atoms with van der Waals surface area (Å²) in [6, 6.07) is 11.1. The monoisotopic (exact) mass is 446 g/mol. The SMILES string of the molecule is Cc1cc(O)c(C)c(C)c1C(=O)Oc1c(C)c(C)c(C(=O)OCc2ccccc2)c(C)c1C. The second-order valence-corrected chi connectivity index (χ2v) is 8.49. The number of hydrogen-bond donors (Lipinski definition) is 1. The fourth-order valence-corrected chi connectivity index (χ4v) is 4.05. The summed E-state index contributed by atoms with van der Waals surface area (Å²) in [5.74, 6) is -0.297. The number of hydrogen-bond acceptors (Lipinski definition) is 5. The van der Waals surface area contributed by atoms with E-state index in [4.69, 9.17) is 9.47 Å². The minimum Gasteiger partial charge on any atom is -0.508 e. The van der Waals surface area contributed by atoms with Gasteiger partial charge >= 0.3 is 11.9 Å². The van der Waals surface area contributed by atoms with E-state index in [1.807, 2.05) is 58.0 Å². The summed E-state index contributed by atoms with van der Waals surface area (Å²) in [6.45, 7) is 12.8. The molecule has 0 saturated carbocycles. The van der Waals surface area contributed by atoms with Crippen molar-refractivity contribution in [1.82, 2.24) is 0 Å². The Morgan fingerprint density at radius 1 is 0.727 bits per heavy atom. The summed E-state index contributed by atoms with van der Waals surface area (Å²) in [6.07, 6.45) is 0. The fraction of sp³-hybridized carbons (Fsp3) is 0.286. The van der Waals surface area contributed by atoms with Crippen molar-refractivity contribution < 1.29 is 24.2 Å². The Hall–Kier alpha value is -3.60. The van der Waals surface area contributed by atoms with Crippen LogP contribution in [0, 0.1) is 48.5 Å². The predicted octanol–water partition coefficient (Wildman–Crippen LogP) is 6.13. The number of phenols is 1. The Morgan fingerprint density at radius 3 is 1.85 bits per heavy atom. The van der Waals surface area contributed by atoms with Crippen LogP contribution >= 0.6 is 0 Å². The third kappa shape index (κ3) is 4.63. The number of ether oxygens (including phenoxy) is 2. The minimum absolute atomic E-state index is 0.152. The van der Waals surface area contributed by atoms with Crippen LogP contribution in [0.3, 0.4) is 0 Å². The molecule has 172 valence electrons. The maximum Gasteiger partial charge on any atom is 0.344 e. The van der Waals surface area contributed by atoms with E-state index in [-0.39, 0.29) is 12.4 Å². The second-order valence-electron chi connectivity index (χ2n) is 8.49. The van der Waals surface area contributed by atoms with E-state index in [0.29, 0.717) is 55.8 Å². The van der Waals surface area contributed by atoms with Crippen molar-refractivity contribution in [2.24, 2.45) is 0 Å². The Labute approximate surface area is 195 Å². The normalized spacial score (nSPS) is 10.8. The topological polar surface area (TPSA) is 72.8 Å². The van der Waals surface area contributed by atoms with Crippen molar-refractivity contribution >= 4 is 11.9 Å². The molecule has 5 nitrogen and oxygen atoms in total. The highest BCUT2D eigenvalue weighted by atomic mass is 16.5. The summed E-state index contributed by atoms with van der Waals surface area (Å²) in [7, 11) is 0. The Kier molecular flexibility index (Phi) is 6.92. The maximum atomic E-state index is 13.1. The van der Waals surface area contributed by atoms with Gasteiger partial charge in [-0.1, -0.05) is 30.3 Å². The number of esters is 2. The quantitative estimate of drug-likeness (QED) is 0.377. The van der Waals surface area contributed by atoms with E-state index in [1.165, 1.54) is 0 Å². The average Bonchev–Trinajstić information content (AvgIpc) is 2.78. The number of carbonyl (C=O) groups excluding carboxylic acids is 2. The molecular weight excluding hydrogens is 416 g/mol. The summed E-state index contributed by atoms with van der Waals surface area (Å²) in [5, 5.41) is 10.0. The van der Waals surface area contributed by atoms with Gasteiger partial charge in [-0.15, -0.1) is 0 Å². The van der Waals surface area contributed by atoms with Crippen molar-refractivity contribution in [3.05, 3.63) is 92.0 Å². The first kappa shape index (κ1) is 24.1. The summed E-state index contributed by atoms with van der Waals surface area (Å²) >= 11 is 0. The van der Waals surface area contributed by atoms with Crippen LogP contribution in [0.5, 0.6) is 11.5 Å². The molecule has 0 atom stereocenters. The molecule has 1 N–H and O–H groups in total. The molecule has 0 aliphatic rings. The predicted molar refractivity (Wildman–Crippen MR) is 128 cm³/mol. The molecule has 3 rings (SSSR count). The van der Waals surface area contributed by atoms with Crippen LogP contribution in [0.15, 0.2) is 36.4 Å². The molecule has 33 heavy (non-hydrogen) atoms. The Balaban J connectivity index is 1.94. The van der Waals surface area contributed by atoms with Gasteiger partial charge in [0.05, 0.1) is 11.1 Å². The summed E-state index contributed by atoms with van der Waals surface area (Å²) < 4.78 is 11.4. The molecule has 0 bridgehead atoms. The number of benzene rings is 3. The van der Waals surface area contributed by atoms with Gasteiger partial charge in [-0.05, 0) is 99.0 Å². The van der Waals surface area contributed by atoms with Gasteiger partial charge < -0.3 is 14.6 Å². The molecule has 0 spiro atoms. The molecule has 3 aromatic carbocycles. The standard InChI is InChI=1S/C28H30O5/c1-15-13-23(29)16(2)17(3)24(15)28(31)33-26-20(6)18(4)25(19(5)21(26)7)27(30)32-14-22-11-9-8-10-12-22/h8-13,29H,14H2,1-7H3. The van der Waals surface area contributed by atoms with E-state index in [9.17, 15) is 14.7 Å². The van der Waals surface area contributed by atoms with Gasteiger partial charge in [-0.3, -0.25) is 0 Å². The molecule has 0 aliphatic heterocycles. The van der Waals surface area contributed by atoms with E-state index in [0.717, 1.165) is 5.56 Å². The van der Waals surface area contributed by atoms with Gasteiger partial charge in [-0.2, -0.15) is 0 Å². The first-order valence-electron chi connectivity index (χ1n) is 10.9. The van der Waals surface area contributed by atoms with E-state index < -0.39 is 11.9 Å². The molecule has 0 heterocycles. The first-order chi connectivity index (χ1) is 15.5. The van der Waals surface area contributed by atoms with Crippen molar-refractivity contribution in [2.75, 3.05) is 0 Å². The van der Waals surface area contributed by atoms with Crippen LogP contribution in [0.1, 0.15) is 65.2 Å². The number of aromatic hydroxyl groups is 1. The van der Waals surface area contributed by atoms with Crippen LogP contribution in [-0.2, 0) is 11.3 Å². The number of rotatable bonds is 5. The summed E-state index contributed by atoms with van der Waals surface area (Å²) in [4.78, 5) is 26.1. The smallest absolute Gasteiger partial charge is 0.344 e. The first-order valence-corrected chi connectivity index (χ1v) is 10.9. The van der Waals surface area contributed by atoms with Crippen LogP contribution in [0.4, 0.5) is 0 Å². The Morgan fingerprint density at radius 2 is 1.27 bits per heavy atom. The molecule has 5 heteroatoms. The molecule has 3 aromatic rings. The second kappa shape index (κ2) is 9.49. The molecule has 0 aromatic heterocycles. The highest BCUT2D eigenvalue weighted by Crippen LogP contribution is 2.35. The number of phenolic OH excluding ortho intramolecular Hbond substituents is 1. The third-order valence-corrected chi connectivity index (χ3v) is 6.44. The van der Waals surface area contributed by atoms with Crippen LogP contribution in [0.25, 0.3) is 0 Å². The molecular formula is C28H30O5. The average molecular weight is 447 g/mol. The van der Waals surface area contributed by atoms with E-state index >= 15 is 0 Å². The lowest BCUT2D eigenvalue weighted by molar-refractivity contribution is 0.0470. The Bertz CT molecular complexity index is 1210. The lowest BCUT2D eigenvalue weighted by Gasteiger charge is -2.20. The highest BCUT2D eigenvalue weighted by Gasteiger charge is 2.25. The minimum atomic E-state index is -0.488. The lowest BCUT2D eigenvalue weighted by Crippen LogP contribution is -2.17. The van der Waals surface area contributed by atoms with Gasteiger partial charge in [0.2, 0.25) is 0 Å². The largest absolute Gasteiger partial charge is 0.508 e. The third-order valence-electron chi connectivity index (χ3n) is 6.44. The van der Waals surface area contributed by atoms with Gasteiger partial charge in [0.15, 0.2) is 0 Å². The molecule has 0 aliphatic carbocycles. The van der Waals surface area contributed by atoms with Crippen LogP contribution < -0.4 is 4.74 Å². The van der Waals surface area contributed by atoms with E-state index in [2.05, 4.69) is 0 Å². The van der Waals surface area contributed by atoms with Crippen molar-refractivity contribution in [2.45, 2.75) is 55.1 Å². The molecule has 0 radical (unpaired) electrons. The van der Waals surface area contributed by atoms with Crippen molar-refractivity contribution in [3.8, 4) is 11.5 Å². The lowest BCUT2D eigenvalue weighted by atomic mass is 9.92. The fourth-order valence-electron chi connectivity index (χ4n) is 4.05. The zero-order chi connectivity index (χ0) is 24.4.